The standard InChI is InChI=1S/C37H28ClN3S/c1-3-12-23(4-2)28-19-11-20-31-32(28)33-30(22-26-15-8-9-18-29(26)34(33)42-31)36-39-35(40-37(38)41-36)27-17-10-16-25(21-27)24-13-6-5-7-14-24/h3-20,22,25H,21H2,1-2H3/b12-3-,23-4+. The molecule has 4 aromatic carbocycles. The first-order valence-corrected chi connectivity index (χ1v) is 15.3. The topological polar surface area (TPSA) is 38.7 Å². The van der Waals surface area contributed by atoms with Gasteiger partial charge >= 0.3 is 0 Å². The van der Waals surface area contributed by atoms with Gasteiger partial charge in [-0.3, -0.25) is 0 Å². The second kappa shape index (κ2) is 11.1. The van der Waals surface area contributed by atoms with E-state index in [1.54, 1.807) is 0 Å². The van der Waals surface area contributed by atoms with Crippen LogP contribution in [0.5, 0.6) is 0 Å². The zero-order valence-corrected chi connectivity index (χ0v) is 25.0. The monoisotopic (exact) mass is 581 g/mol. The molecule has 0 spiro atoms. The summed E-state index contributed by atoms with van der Waals surface area (Å²) in [4.78, 5) is 14.4. The Morgan fingerprint density at radius 2 is 1.69 bits per heavy atom. The van der Waals surface area contributed by atoms with Crippen molar-refractivity contribution in [3.63, 3.8) is 0 Å². The van der Waals surface area contributed by atoms with Gasteiger partial charge in [0.1, 0.15) is 0 Å². The van der Waals surface area contributed by atoms with E-state index in [-0.39, 0.29) is 11.2 Å². The highest BCUT2D eigenvalue weighted by Crippen LogP contribution is 2.46. The van der Waals surface area contributed by atoms with Crippen LogP contribution in [-0.4, -0.2) is 15.0 Å². The smallest absolute Gasteiger partial charge is 0.208 e. The fourth-order valence-electron chi connectivity index (χ4n) is 5.98. The third-order valence-corrected chi connectivity index (χ3v) is 9.26. The van der Waals surface area contributed by atoms with E-state index in [9.17, 15) is 0 Å². The molecular formula is C37H28ClN3S. The predicted molar refractivity (Wildman–Crippen MR) is 180 cm³/mol. The molecule has 42 heavy (non-hydrogen) atoms. The highest BCUT2D eigenvalue weighted by Gasteiger charge is 2.22. The minimum Gasteiger partial charge on any atom is -0.208 e. The van der Waals surface area contributed by atoms with Gasteiger partial charge in [0.15, 0.2) is 11.6 Å². The molecule has 2 aromatic heterocycles. The highest BCUT2D eigenvalue weighted by atomic mass is 35.5. The number of allylic oxidation sites excluding steroid dienone is 8. The zero-order valence-electron chi connectivity index (χ0n) is 23.4. The maximum atomic E-state index is 6.66. The van der Waals surface area contributed by atoms with Crippen LogP contribution in [0.15, 0.2) is 115 Å². The van der Waals surface area contributed by atoms with Crippen molar-refractivity contribution >= 4 is 65.0 Å². The van der Waals surface area contributed by atoms with Crippen LogP contribution in [-0.2, 0) is 0 Å². The maximum absolute atomic E-state index is 6.66. The van der Waals surface area contributed by atoms with Gasteiger partial charge in [0.25, 0.3) is 0 Å². The van der Waals surface area contributed by atoms with Crippen LogP contribution in [0, 0.1) is 0 Å². The van der Waals surface area contributed by atoms with Crippen molar-refractivity contribution in [1.82, 2.24) is 15.0 Å². The number of rotatable bonds is 5. The molecule has 1 aliphatic carbocycles. The molecule has 2 heterocycles. The molecule has 0 bridgehead atoms. The lowest BCUT2D eigenvalue weighted by Gasteiger charge is -2.18. The number of thiophene rings is 1. The Bertz CT molecular complexity index is 2100. The molecule has 1 aliphatic rings. The van der Waals surface area contributed by atoms with Gasteiger partial charge in [-0.25, -0.2) is 4.98 Å². The quantitative estimate of drug-likeness (QED) is 0.190. The van der Waals surface area contributed by atoms with E-state index >= 15 is 0 Å². The fraction of sp³-hybridized carbons (Fsp3) is 0.108. The minimum absolute atomic E-state index is 0.200. The van der Waals surface area contributed by atoms with Crippen LogP contribution in [0.25, 0.3) is 53.5 Å². The maximum Gasteiger partial charge on any atom is 0.226 e. The van der Waals surface area contributed by atoms with Gasteiger partial charge in [-0.05, 0) is 77.0 Å². The van der Waals surface area contributed by atoms with Crippen molar-refractivity contribution in [1.29, 1.82) is 0 Å². The Labute approximate surface area is 254 Å². The average Bonchev–Trinajstić information content (AvgIpc) is 3.44. The molecule has 7 rings (SSSR count). The van der Waals surface area contributed by atoms with Gasteiger partial charge in [0.05, 0.1) is 0 Å². The Kier molecular flexibility index (Phi) is 7.02. The molecule has 0 saturated carbocycles. The third kappa shape index (κ3) is 4.67. The summed E-state index contributed by atoms with van der Waals surface area (Å²) in [6, 6.07) is 27.9. The van der Waals surface area contributed by atoms with Gasteiger partial charge in [0, 0.05) is 31.7 Å². The molecule has 0 fully saturated rings. The van der Waals surface area contributed by atoms with Crippen LogP contribution in [0.2, 0.25) is 5.28 Å². The Balaban J connectivity index is 1.47. The molecule has 5 heteroatoms. The summed E-state index contributed by atoms with van der Waals surface area (Å²) < 4.78 is 2.46. The molecular weight excluding hydrogens is 554 g/mol. The van der Waals surface area contributed by atoms with E-state index in [2.05, 4.69) is 128 Å². The van der Waals surface area contributed by atoms with E-state index in [0.717, 1.165) is 28.3 Å². The van der Waals surface area contributed by atoms with Gasteiger partial charge < -0.3 is 0 Å². The van der Waals surface area contributed by atoms with Crippen molar-refractivity contribution in [2.45, 2.75) is 26.2 Å². The molecule has 0 saturated heterocycles. The molecule has 1 atom stereocenters. The van der Waals surface area contributed by atoms with Gasteiger partial charge in [-0.15, -0.1) is 11.3 Å². The highest BCUT2D eigenvalue weighted by molar-refractivity contribution is 7.26. The van der Waals surface area contributed by atoms with Crippen molar-refractivity contribution in [3.05, 3.63) is 138 Å². The summed E-state index contributed by atoms with van der Waals surface area (Å²) in [7, 11) is 0. The SMILES string of the molecule is C/C=C\C(=C/C)c1cccc2sc3c4ccccc4cc(-c4nc(Cl)nc(C5=CC=CC(c6ccccc6)C5)n4)c3c12. The summed E-state index contributed by atoms with van der Waals surface area (Å²) in [6.45, 7) is 4.15. The summed E-state index contributed by atoms with van der Waals surface area (Å²) in [5.41, 5.74) is 5.67. The van der Waals surface area contributed by atoms with Crippen LogP contribution in [0.3, 0.4) is 0 Å². The van der Waals surface area contributed by atoms with E-state index in [1.807, 2.05) is 17.4 Å². The first-order chi connectivity index (χ1) is 20.6. The van der Waals surface area contributed by atoms with E-state index in [0.29, 0.717) is 11.6 Å². The average molecular weight is 582 g/mol. The summed E-state index contributed by atoms with van der Waals surface area (Å²) in [6.07, 6.45) is 13.7. The first kappa shape index (κ1) is 26.5. The fourth-order valence-corrected chi connectivity index (χ4v) is 7.43. The predicted octanol–water partition coefficient (Wildman–Crippen LogP) is 10.8. The van der Waals surface area contributed by atoms with Gasteiger partial charge in [-0.2, -0.15) is 9.97 Å². The number of hydrogen-bond acceptors (Lipinski definition) is 4. The first-order valence-electron chi connectivity index (χ1n) is 14.2. The number of nitrogens with zero attached hydrogens (tertiary/aromatic N) is 3. The normalized spacial score (nSPS) is 15.7. The largest absolute Gasteiger partial charge is 0.226 e. The third-order valence-electron chi connectivity index (χ3n) is 7.90. The van der Waals surface area contributed by atoms with Crippen LogP contribution < -0.4 is 0 Å². The number of benzene rings is 4. The second-order valence-corrected chi connectivity index (χ2v) is 11.8. The molecule has 1 unspecified atom stereocenters. The number of halogens is 1. The summed E-state index contributed by atoms with van der Waals surface area (Å²) >= 11 is 8.47. The molecule has 3 nitrogen and oxygen atoms in total. The lowest BCUT2D eigenvalue weighted by molar-refractivity contribution is 0.853. The lowest BCUT2D eigenvalue weighted by atomic mass is 9.88. The van der Waals surface area contributed by atoms with Crippen molar-refractivity contribution < 1.29 is 0 Å². The zero-order chi connectivity index (χ0) is 28.6. The van der Waals surface area contributed by atoms with Crippen LogP contribution in [0.1, 0.15) is 43.1 Å². The Morgan fingerprint density at radius 1 is 0.881 bits per heavy atom. The Morgan fingerprint density at radius 3 is 2.52 bits per heavy atom. The number of hydrogen-bond donors (Lipinski definition) is 0. The van der Waals surface area contributed by atoms with Crippen molar-refractivity contribution in [2.75, 3.05) is 0 Å². The van der Waals surface area contributed by atoms with Gasteiger partial charge in [0.2, 0.25) is 5.28 Å². The molecule has 0 aliphatic heterocycles. The lowest BCUT2D eigenvalue weighted by Crippen LogP contribution is -2.06. The molecule has 204 valence electrons. The molecule has 6 aromatic rings. The van der Waals surface area contributed by atoms with Crippen LogP contribution >= 0.6 is 22.9 Å². The van der Waals surface area contributed by atoms with Gasteiger partial charge in [-0.1, -0.05) is 103 Å². The van der Waals surface area contributed by atoms with Crippen LogP contribution in [0.4, 0.5) is 0 Å². The van der Waals surface area contributed by atoms with Crippen molar-refractivity contribution in [2.24, 2.45) is 0 Å². The van der Waals surface area contributed by atoms with E-state index in [1.165, 1.54) is 36.9 Å². The van der Waals surface area contributed by atoms with E-state index < -0.39 is 0 Å². The number of aromatic nitrogens is 3. The van der Waals surface area contributed by atoms with Crippen molar-refractivity contribution in [3.8, 4) is 11.4 Å². The number of fused-ring (bicyclic) bond motifs is 5. The molecule has 0 amide bonds. The summed E-state index contributed by atoms with van der Waals surface area (Å²) in [5.74, 6) is 1.47. The molecule has 0 radical (unpaired) electrons. The minimum atomic E-state index is 0.200. The Hall–Kier alpha value is -4.38. The van der Waals surface area contributed by atoms with E-state index in [4.69, 9.17) is 21.6 Å². The second-order valence-electron chi connectivity index (χ2n) is 10.4. The summed E-state index contributed by atoms with van der Waals surface area (Å²) in [5, 5.41) is 4.94. The molecule has 0 N–H and O–H groups in total.